The molecule has 2 amide bonds. The number of para-hydroxylation sites is 2. The quantitative estimate of drug-likeness (QED) is 0.660. The summed E-state index contributed by atoms with van der Waals surface area (Å²) in [5.74, 6) is 0.688. The van der Waals surface area contributed by atoms with E-state index in [1.54, 1.807) is 4.90 Å². The van der Waals surface area contributed by atoms with Gasteiger partial charge in [0.15, 0.2) is 0 Å². The number of carbonyl (C=O) groups excluding carboxylic acids is 2. The molecule has 5 rings (SSSR count). The van der Waals surface area contributed by atoms with Crippen LogP contribution in [0.5, 0.6) is 0 Å². The smallest absolute Gasteiger partial charge is 0.255 e. The first-order valence-corrected chi connectivity index (χ1v) is 10.8. The molecule has 2 aromatic carbocycles. The molecule has 2 aliphatic rings. The van der Waals surface area contributed by atoms with E-state index in [-0.39, 0.29) is 11.8 Å². The third-order valence-electron chi connectivity index (χ3n) is 6.44. The predicted octanol–water partition coefficient (Wildman–Crippen LogP) is 4.50. The van der Waals surface area contributed by atoms with Crippen molar-refractivity contribution in [3.63, 3.8) is 0 Å². The van der Waals surface area contributed by atoms with Gasteiger partial charge in [0, 0.05) is 12.1 Å². The molecule has 0 spiro atoms. The number of carbonyl (C=O) groups is 2. The van der Waals surface area contributed by atoms with Gasteiger partial charge in [-0.3, -0.25) is 14.9 Å². The van der Waals surface area contributed by atoms with Crippen LogP contribution in [0.4, 0.5) is 5.95 Å². The zero-order valence-corrected chi connectivity index (χ0v) is 16.9. The fraction of sp³-hybridized carbons (Fsp3) is 0.375. The molecule has 2 N–H and O–H groups in total. The molecule has 1 aromatic heterocycles. The van der Waals surface area contributed by atoms with E-state index < -0.39 is 6.04 Å². The summed E-state index contributed by atoms with van der Waals surface area (Å²) in [4.78, 5) is 35.9. The van der Waals surface area contributed by atoms with Crippen LogP contribution < -0.4 is 5.32 Å². The molecule has 1 fully saturated rings. The van der Waals surface area contributed by atoms with E-state index in [0.717, 1.165) is 29.4 Å². The van der Waals surface area contributed by atoms with Crippen molar-refractivity contribution >= 4 is 28.8 Å². The molecular formula is C24H26N4O2. The summed E-state index contributed by atoms with van der Waals surface area (Å²) in [6, 6.07) is 14.8. The summed E-state index contributed by atoms with van der Waals surface area (Å²) in [6.45, 7) is 0.486. The van der Waals surface area contributed by atoms with Gasteiger partial charge in [0.05, 0.1) is 11.0 Å². The number of amides is 2. The van der Waals surface area contributed by atoms with Crippen molar-refractivity contribution in [3.8, 4) is 0 Å². The second kappa shape index (κ2) is 7.94. The van der Waals surface area contributed by atoms with Crippen LogP contribution in [0.2, 0.25) is 0 Å². The van der Waals surface area contributed by atoms with Crippen LogP contribution in [-0.2, 0) is 11.3 Å². The van der Waals surface area contributed by atoms with Crippen molar-refractivity contribution in [2.24, 2.45) is 5.92 Å². The SMILES string of the molecule is O=C(Nc1nc2ccccc2[nH]1)C(CC1CCCCC1)N1Cc2ccccc2C1=O. The Morgan fingerprint density at radius 1 is 1.10 bits per heavy atom. The first kappa shape index (κ1) is 18.9. The number of anilines is 1. The van der Waals surface area contributed by atoms with Crippen LogP contribution in [0.15, 0.2) is 48.5 Å². The minimum Gasteiger partial charge on any atom is -0.324 e. The minimum absolute atomic E-state index is 0.0498. The molecule has 1 aliphatic carbocycles. The van der Waals surface area contributed by atoms with Gasteiger partial charge < -0.3 is 9.88 Å². The fourth-order valence-electron chi connectivity index (χ4n) is 4.85. The fourth-order valence-corrected chi connectivity index (χ4v) is 4.85. The van der Waals surface area contributed by atoms with E-state index in [4.69, 9.17) is 0 Å². The highest BCUT2D eigenvalue weighted by atomic mass is 16.2. The second-order valence-electron chi connectivity index (χ2n) is 8.44. The third-order valence-corrected chi connectivity index (χ3v) is 6.44. The highest BCUT2D eigenvalue weighted by Crippen LogP contribution is 2.32. The first-order chi connectivity index (χ1) is 14.7. The Labute approximate surface area is 175 Å². The van der Waals surface area contributed by atoms with Crippen molar-refractivity contribution in [2.45, 2.75) is 51.1 Å². The molecular weight excluding hydrogens is 376 g/mol. The zero-order chi connectivity index (χ0) is 20.5. The predicted molar refractivity (Wildman–Crippen MR) is 116 cm³/mol. The zero-order valence-electron chi connectivity index (χ0n) is 16.9. The van der Waals surface area contributed by atoms with E-state index in [9.17, 15) is 9.59 Å². The molecule has 2 heterocycles. The maximum Gasteiger partial charge on any atom is 0.255 e. The highest BCUT2D eigenvalue weighted by Gasteiger charge is 2.37. The molecule has 1 saturated carbocycles. The monoisotopic (exact) mass is 402 g/mol. The largest absolute Gasteiger partial charge is 0.324 e. The van der Waals surface area contributed by atoms with Crippen LogP contribution in [0, 0.1) is 5.92 Å². The van der Waals surface area contributed by atoms with Gasteiger partial charge in [0.1, 0.15) is 6.04 Å². The molecule has 6 nitrogen and oxygen atoms in total. The lowest BCUT2D eigenvalue weighted by Crippen LogP contribution is -2.45. The van der Waals surface area contributed by atoms with E-state index >= 15 is 0 Å². The Morgan fingerprint density at radius 3 is 2.67 bits per heavy atom. The van der Waals surface area contributed by atoms with Crippen molar-refractivity contribution < 1.29 is 9.59 Å². The van der Waals surface area contributed by atoms with Crippen molar-refractivity contribution in [1.29, 1.82) is 0 Å². The molecule has 0 saturated heterocycles. The minimum atomic E-state index is -0.499. The van der Waals surface area contributed by atoms with Gasteiger partial charge in [-0.25, -0.2) is 4.98 Å². The van der Waals surface area contributed by atoms with E-state index in [1.807, 2.05) is 48.5 Å². The second-order valence-corrected chi connectivity index (χ2v) is 8.44. The molecule has 3 aromatic rings. The molecule has 1 aliphatic heterocycles. The summed E-state index contributed by atoms with van der Waals surface area (Å²) >= 11 is 0. The Hall–Kier alpha value is -3.15. The summed E-state index contributed by atoms with van der Waals surface area (Å²) in [5, 5.41) is 2.95. The molecule has 154 valence electrons. The maximum atomic E-state index is 13.4. The maximum absolute atomic E-state index is 13.4. The Morgan fingerprint density at radius 2 is 1.87 bits per heavy atom. The molecule has 30 heavy (non-hydrogen) atoms. The average Bonchev–Trinajstić information content (AvgIpc) is 3.33. The van der Waals surface area contributed by atoms with Gasteiger partial charge in [-0.2, -0.15) is 0 Å². The standard InChI is InChI=1S/C24H26N4O2/c29-22(27-24-25-19-12-6-7-13-20(19)26-24)21(14-16-8-2-1-3-9-16)28-15-17-10-4-5-11-18(17)23(28)30/h4-7,10-13,16,21H,1-3,8-9,14-15H2,(H2,25,26,27,29). The molecule has 1 unspecified atom stereocenters. The van der Waals surface area contributed by atoms with Gasteiger partial charge in [0.25, 0.3) is 5.91 Å². The van der Waals surface area contributed by atoms with E-state index in [1.165, 1.54) is 19.3 Å². The first-order valence-electron chi connectivity index (χ1n) is 10.8. The third kappa shape index (κ3) is 3.58. The van der Waals surface area contributed by atoms with Crippen molar-refractivity contribution in [3.05, 3.63) is 59.7 Å². The number of benzene rings is 2. The number of imidazole rings is 1. The topological polar surface area (TPSA) is 78.1 Å². The van der Waals surface area contributed by atoms with Gasteiger partial charge in [-0.1, -0.05) is 62.4 Å². The number of hydrogen-bond donors (Lipinski definition) is 2. The number of aromatic amines is 1. The van der Waals surface area contributed by atoms with Crippen LogP contribution in [0.1, 0.15) is 54.4 Å². The van der Waals surface area contributed by atoms with Gasteiger partial charge in [-0.15, -0.1) is 0 Å². The highest BCUT2D eigenvalue weighted by molar-refractivity contribution is 6.03. The summed E-state index contributed by atoms with van der Waals surface area (Å²) in [5.41, 5.74) is 3.39. The molecule has 1 atom stereocenters. The average molecular weight is 402 g/mol. The molecule has 6 heteroatoms. The van der Waals surface area contributed by atoms with Gasteiger partial charge in [0.2, 0.25) is 11.9 Å². The van der Waals surface area contributed by atoms with E-state index in [2.05, 4.69) is 15.3 Å². The normalized spacial score (nSPS) is 17.9. The number of nitrogens with zero attached hydrogens (tertiary/aromatic N) is 2. The van der Waals surface area contributed by atoms with Crippen LogP contribution in [-0.4, -0.2) is 32.7 Å². The lowest BCUT2D eigenvalue weighted by Gasteiger charge is -2.31. The van der Waals surface area contributed by atoms with Crippen LogP contribution in [0.3, 0.4) is 0 Å². The number of rotatable bonds is 5. The van der Waals surface area contributed by atoms with Gasteiger partial charge in [-0.05, 0) is 36.1 Å². The number of fused-ring (bicyclic) bond motifs is 2. The molecule has 0 bridgehead atoms. The lowest BCUT2D eigenvalue weighted by atomic mass is 9.84. The van der Waals surface area contributed by atoms with Crippen LogP contribution in [0.25, 0.3) is 11.0 Å². The van der Waals surface area contributed by atoms with E-state index in [0.29, 0.717) is 30.4 Å². The summed E-state index contributed by atoms with van der Waals surface area (Å²) in [7, 11) is 0. The lowest BCUT2D eigenvalue weighted by molar-refractivity contribution is -0.121. The summed E-state index contributed by atoms with van der Waals surface area (Å²) < 4.78 is 0. The Balaban J connectivity index is 1.40. The number of aromatic nitrogens is 2. The Bertz CT molecular complexity index is 1050. The summed E-state index contributed by atoms with van der Waals surface area (Å²) in [6.07, 6.45) is 6.63. The number of hydrogen-bond acceptors (Lipinski definition) is 3. The van der Waals surface area contributed by atoms with Gasteiger partial charge >= 0.3 is 0 Å². The van der Waals surface area contributed by atoms with Crippen molar-refractivity contribution in [2.75, 3.05) is 5.32 Å². The Kier molecular flexibility index (Phi) is 4.99. The number of nitrogens with one attached hydrogen (secondary N) is 2. The van der Waals surface area contributed by atoms with Crippen molar-refractivity contribution in [1.82, 2.24) is 14.9 Å². The number of H-pyrrole nitrogens is 1. The molecule has 0 radical (unpaired) electrons. The van der Waals surface area contributed by atoms with Crippen LogP contribution >= 0.6 is 0 Å².